The fourth-order valence-corrected chi connectivity index (χ4v) is 4.69. The fraction of sp³-hybridized carbons (Fsp3) is 0.667. The van der Waals surface area contributed by atoms with Crippen LogP contribution in [-0.2, 0) is 20.8 Å². The van der Waals surface area contributed by atoms with E-state index in [0.717, 1.165) is 12.8 Å². The second kappa shape index (κ2) is 6.41. The summed E-state index contributed by atoms with van der Waals surface area (Å²) in [6.45, 7) is 4.58. The molecule has 1 aromatic heterocycles. The van der Waals surface area contributed by atoms with E-state index in [1.807, 2.05) is 4.90 Å². The molecule has 3 amide bonds. The third-order valence-corrected chi connectivity index (χ3v) is 5.93. The molecular formula is C18H24N4O4. The van der Waals surface area contributed by atoms with Crippen molar-refractivity contribution >= 4 is 17.7 Å². The number of hydrogen-bond acceptors (Lipinski definition) is 5. The molecule has 1 N–H and O–H groups in total. The quantitative estimate of drug-likeness (QED) is 0.834. The van der Waals surface area contributed by atoms with E-state index in [1.54, 1.807) is 24.8 Å². The van der Waals surface area contributed by atoms with Gasteiger partial charge in [0.15, 0.2) is 0 Å². The van der Waals surface area contributed by atoms with Crippen LogP contribution < -0.4 is 5.32 Å². The van der Waals surface area contributed by atoms with Gasteiger partial charge in [0.05, 0.1) is 18.0 Å². The van der Waals surface area contributed by atoms with Crippen molar-refractivity contribution < 1.29 is 18.9 Å². The average molecular weight is 360 g/mol. The molecule has 8 nitrogen and oxygen atoms in total. The summed E-state index contributed by atoms with van der Waals surface area (Å²) in [7, 11) is 0. The summed E-state index contributed by atoms with van der Waals surface area (Å²) in [4.78, 5) is 41.3. The normalized spacial score (nSPS) is 30.6. The Morgan fingerprint density at radius 3 is 2.92 bits per heavy atom. The van der Waals surface area contributed by atoms with Crippen LogP contribution in [0.3, 0.4) is 0 Å². The van der Waals surface area contributed by atoms with E-state index >= 15 is 0 Å². The van der Waals surface area contributed by atoms with Crippen LogP contribution in [0.25, 0.3) is 0 Å². The maximum absolute atomic E-state index is 13.1. The summed E-state index contributed by atoms with van der Waals surface area (Å²) < 4.78 is 5.04. The minimum Gasteiger partial charge on any atom is -0.361 e. The Labute approximate surface area is 151 Å². The van der Waals surface area contributed by atoms with Crippen LogP contribution in [0.4, 0.5) is 0 Å². The average Bonchev–Trinajstić information content (AvgIpc) is 3.31. The number of amides is 3. The molecule has 0 spiro atoms. The maximum Gasteiger partial charge on any atom is 0.242 e. The molecule has 8 heteroatoms. The third kappa shape index (κ3) is 2.77. The predicted octanol–water partition coefficient (Wildman–Crippen LogP) is 0.252. The predicted molar refractivity (Wildman–Crippen MR) is 90.9 cm³/mol. The first kappa shape index (κ1) is 17.1. The van der Waals surface area contributed by atoms with Crippen molar-refractivity contribution in [1.82, 2.24) is 20.3 Å². The van der Waals surface area contributed by atoms with Gasteiger partial charge in [-0.15, -0.1) is 0 Å². The van der Waals surface area contributed by atoms with Crippen LogP contribution in [0, 0.1) is 12.8 Å². The molecule has 0 aromatic carbocycles. The van der Waals surface area contributed by atoms with Crippen molar-refractivity contribution in [3.05, 3.63) is 17.5 Å². The molecule has 2 bridgehead atoms. The summed E-state index contributed by atoms with van der Waals surface area (Å²) in [5, 5.41) is 6.69. The number of piperazine rings is 1. The van der Waals surface area contributed by atoms with Crippen LogP contribution in [0.1, 0.15) is 37.6 Å². The molecule has 0 radical (unpaired) electrons. The van der Waals surface area contributed by atoms with Crippen molar-refractivity contribution in [2.24, 2.45) is 5.92 Å². The molecule has 4 heterocycles. The zero-order valence-electron chi connectivity index (χ0n) is 15.1. The molecule has 1 aromatic rings. The summed E-state index contributed by atoms with van der Waals surface area (Å²) >= 11 is 0. The van der Waals surface area contributed by atoms with Gasteiger partial charge in [0.2, 0.25) is 17.7 Å². The van der Waals surface area contributed by atoms with Gasteiger partial charge in [-0.05, 0) is 33.1 Å². The fourth-order valence-electron chi connectivity index (χ4n) is 4.69. The monoisotopic (exact) mass is 360 g/mol. The summed E-state index contributed by atoms with van der Waals surface area (Å²) in [6.07, 6.45) is 2.68. The Bertz CT molecular complexity index is 745. The minimum atomic E-state index is -0.447. The molecule has 3 fully saturated rings. The van der Waals surface area contributed by atoms with Gasteiger partial charge >= 0.3 is 0 Å². The van der Waals surface area contributed by atoms with Crippen molar-refractivity contribution in [2.75, 3.05) is 13.1 Å². The van der Waals surface area contributed by atoms with E-state index in [1.165, 1.54) is 0 Å². The molecule has 3 aliphatic rings. The highest BCUT2D eigenvalue weighted by atomic mass is 16.5. The van der Waals surface area contributed by atoms with Gasteiger partial charge in [0.1, 0.15) is 11.8 Å². The number of aromatic nitrogens is 1. The maximum atomic E-state index is 13.1. The Balaban J connectivity index is 1.46. The largest absolute Gasteiger partial charge is 0.361 e. The lowest BCUT2D eigenvalue weighted by Gasteiger charge is -2.36. The number of nitrogens with zero attached hydrogens (tertiary/aromatic N) is 3. The highest BCUT2D eigenvalue weighted by Crippen LogP contribution is 2.43. The number of carbonyl (C=O) groups is 3. The molecule has 0 aliphatic carbocycles. The number of fused-ring (bicyclic) bond motifs is 2. The summed E-state index contributed by atoms with van der Waals surface area (Å²) in [5.74, 6) is 0.384. The van der Waals surface area contributed by atoms with Crippen LogP contribution >= 0.6 is 0 Å². The molecule has 4 atom stereocenters. The van der Waals surface area contributed by atoms with Gasteiger partial charge < -0.3 is 19.6 Å². The van der Waals surface area contributed by atoms with Gasteiger partial charge in [0, 0.05) is 31.2 Å². The highest BCUT2D eigenvalue weighted by molar-refractivity contribution is 5.90. The van der Waals surface area contributed by atoms with Crippen molar-refractivity contribution in [3.8, 4) is 0 Å². The number of nitrogens with one attached hydrogen (secondary N) is 1. The molecular weight excluding hydrogens is 336 g/mol. The van der Waals surface area contributed by atoms with Crippen molar-refractivity contribution in [3.63, 3.8) is 0 Å². The van der Waals surface area contributed by atoms with Crippen LogP contribution in [0.15, 0.2) is 10.6 Å². The Kier molecular flexibility index (Phi) is 4.20. The Morgan fingerprint density at radius 1 is 1.38 bits per heavy atom. The van der Waals surface area contributed by atoms with Crippen molar-refractivity contribution in [2.45, 2.75) is 57.7 Å². The second-order valence-corrected chi connectivity index (χ2v) is 7.55. The number of aryl methyl sites for hydroxylation is 1. The standard InChI is InChI=1S/C18H24N4O4/c1-10-7-12(20-26-10)8-16(23)22-13-3-4-15(22)14(9-13)18(25)21-6-5-19-17(24)11(21)2/h7,11,13-15H,3-6,8-9H2,1-2H3,(H,19,24)/t11-,13+,14+,15+/m1/s1. The van der Waals surface area contributed by atoms with E-state index in [0.29, 0.717) is 31.0 Å². The van der Waals surface area contributed by atoms with Gasteiger partial charge in [-0.25, -0.2) is 0 Å². The first-order valence-corrected chi connectivity index (χ1v) is 9.27. The SMILES string of the molecule is Cc1cc(CC(=O)N2[C@H]3CC[C@H]2[C@@H](C(=O)N2CCNC(=O)[C@H]2C)C3)no1. The van der Waals surface area contributed by atoms with E-state index < -0.39 is 6.04 Å². The van der Waals surface area contributed by atoms with Gasteiger partial charge in [-0.3, -0.25) is 14.4 Å². The molecule has 26 heavy (non-hydrogen) atoms. The second-order valence-electron chi connectivity index (χ2n) is 7.55. The summed E-state index contributed by atoms with van der Waals surface area (Å²) in [5.41, 5.74) is 0.628. The van der Waals surface area contributed by atoms with Crippen LogP contribution in [0.5, 0.6) is 0 Å². The zero-order valence-corrected chi connectivity index (χ0v) is 15.1. The van der Waals surface area contributed by atoms with E-state index in [4.69, 9.17) is 4.52 Å². The first-order chi connectivity index (χ1) is 12.5. The van der Waals surface area contributed by atoms with E-state index in [9.17, 15) is 14.4 Å². The lowest BCUT2D eigenvalue weighted by molar-refractivity contribution is -0.146. The molecule has 140 valence electrons. The highest BCUT2D eigenvalue weighted by Gasteiger charge is 2.52. The topological polar surface area (TPSA) is 95.8 Å². The Morgan fingerprint density at radius 2 is 2.19 bits per heavy atom. The third-order valence-electron chi connectivity index (χ3n) is 5.93. The Hall–Kier alpha value is -2.38. The number of hydrogen-bond donors (Lipinski definition) is 1. The van der Waals surface area contributed by atoms with E-state index in [-0.39, 0.29) is 42.1 Å². The molecule has 0 saturated carbocycles. The first-order valence-electron chi connectivity index (χ1n) is 9.27. The lowest BCUT2D eigenvalue weighted by atomic mass is 9.87. The van der Waals surface area contributed by atoms with Crippen LogP contribution in [0.2, 0.25) is 0 Å². The minimum absolute atomic E-state index is 0.00513. The van der Waals surface area contributed by atoms with E-state index in [2.05, 4.69) is 10.5 Å². The molecule has 3 aliphatic heterocycles. The van der Waals surface area contributed by atoms with Crippen molar-refractivity contribution in [1.29, 1.82) is 0 Å². The molecule has 4 rings (SSSR count). The van der Waals surface area contributed by atoms with Gasteiger partial charge in [-0.2, -0.15) is 0 Å². The van der Waals surface area contributed by atoms with Gasteiger partial charge in [0.25, 0.3) is 0 Å². The summed E-state index contributed by atoms with van der Waals surface area (Å²) in [6, 6.07) is 1.37. The lowest BCUT2D eigenvalue weighted by Crippen LogP contribution is -2.58. The number of rotatable bonds is 3. The van der Waals surface area contributed by atoms with Gasteiger partial charge in [-0.1, -0.05) is 5.16 Å². The zero-order chi connectivity index (χ0) is 18.4. The molecule has 0 unspecified atom stereocenters. The number of carbonyl (C=O) groups excluding carboxylic acids is 3. The smallest absolute Gasteiger partial charge is 0.242 e. The van der Waals surface area contributed by atoms with Crippen LogP contribution in [-0.4, -0.2) is 63.9 Å². The molecule has 3 saturated heterocycles.